The second-order valence-electron chi connectivity index (χ2n) is 8.15. The number of nitrogens with two attached hydrogens (primary N) is 1. The first-order valence-electron chi connectivity index (χ1n) is 11.5. The monoisotopic (exact) mass is 683 g/mol. The van der Waals surface area contributed by atoms with Crippen LogP contribution in [0, 0.1) is 93.3 Å². The molecule has 0 saturated heterocycles. The summed E-state index contributed by atoms with van der Waals surface area (Å²) in [4.78, 5) is 0. The predicted molar refractivity (Wildman–Crippen MR) is 121 cm³/mol. The Morgan fingerprint density at radius 3 is 1.24 bits per heavy atom. The lowest BCUT2D eigenvalue weighted by molar-refractivity contribution is -0.539. The molecule has 0 heterocycles. The average Bonchev–Trinajstić information content (AvgIpc) is 3.03. The van der Waals surface area contributed by atoms with Crippen LogP contribution in [0.3, 0.4) is 0 Å². The number of phenols is 1. The quantitative estimate of drug-likeness (QED) is 0.0599. The maximum Gasteiger partial charge on any atom is 0.864 e. The highest BCUT2D eigenvalue weighted by molar-refractivity contribution is 6.39. The van der Waals surface area contributed by atoms with E-state index in [1.54, 1.807) is 0 Å². The zero-order chi connectivity index (χ0) is 34.8. The van der Waals surface area contributed by atoms with Gasteiger partial charge in [0.25, 0.3) is 0 Å². The zero-order valence-corrected chi connectivity index (χ0v) is 21.7. The molecule has 0 unspecified atom stereocenters. The van der Waals surface area contributed by atoms with E-state index in [-0.39, 0.29) is 11.4 Å². The highest BCUT2D eigenvalue weighted by Gasteiger charge is 2.40. The van der Waals surface area contributed by atoms with Crippen molar-refractivity contribution in [2.24, 2.45) is 0 Å². The van der Waals surface area contributed by atoms with Gasteiger partial charge in [0, 0.05) is 6.07 Å². The second-order valence-corrected chi connectivity index (χ2v) is 8.15. The van der Waals surface area contributed by atoms with Gasteiger partial charge in [0.2, 0.25) is 58.2 Å². The molecule has 46 heavy (non-hydrogen) atoms. The van der Waals surface area contributed by atoms with Crippen molar-refractivity contribution in [2.75, 3.05) is 7.05 Å². The van der Waals surface area contributed by atoms with Gasteiger partial charge >= 0.3 is 7.32 Å². The van der Waals surface area contributed by atoms with E-state index >= 15 is 0 Å². The molecule has 4 aromatic rings. The van der Waals surface area contributed by atoms with Crippen LogP contribution in [0.1, 0.15) is 0 Å². The summed E-state index contributed by atoms with van der Waals surface area (Å²) < 4.78 is 211. The van der Waals surface area contributed by atoms with Gasteiger partial charge in [-0.15, -0.1) is 6.07 Å². The van der Waals surface area contributed by atoms with E-state index in [2.05, 4.69) is 9.31 Å². The summed E-state index contributed by atoms with van der Waals surface area (Å²) in [6.45, 7) is 0. The molecule has 4 rings (SSSR count). The van der Waals surface area contributed by atoms with Gasteiger partial charge in [0.05, 0.1) is 36.1 Å². The SMILES string of the molecule is C[NH2+]c1cc(O)ccc1OB(Oc1c(F)c(F)c(F)c(F)c1F)Oc1c(F)c(F)c(F)c(F)c1F.Fc1[c-]c(F)c(F)c(F)c1F. The van der Waals surface area contributed by atoms with Crippen LogP contribution in [0.4, 0.5) is 71.5 Å². The Morgan fingerprint density at radius 1 is 0.522 bits per heavy atom. The molecule has 0 fully saturated rings. The van der Waals surface area contributed by atoms with Crippen molar-refractivity contribution < 1.29 is 90.2 Å². The number of aromatic hydroxyl groups is 1. The fourth-order valence-electron chi connectivity index (χ4n) is 3.11. The molecule has 5 nitrogen and oxygen atoms in total. The van der Waals surface area contributed by atoms with E-state index in [9.17, 15) is 71.0 Å². The van der Waals surface area contributed by atoms with Gasteiger partial charge in [-0.05, 0) is 12.1 Å². The molecule has 0 bridgehead atoms. The minimum Gasteiger partial charge on any atom is -0.508 e. The third kappa shape index (κ3) is 6.97. The van der Waals surface area contributed by atoms with Gasteiger partial charge in [-0.25, -0.2) is 39.5 Å². The predicted octanol–water partition coefficient (Wildman–Crippen LogP) is 6.31. The van der Waals surface area contributed by atoms with Gasteiger partial charge in [-0.2, -0.15) is 17.6 Å². The van der Waals surface area contributed by atoms with Crippen LogP contribution in [0.15, 0.2) is 18.2 Å². The standard InChI is InChI=1S/C19H8BF10NO4.C6F5/c1-31-6-4-5(32)2-3-7(6)33-20(34-18-14(27)10(23)8(21)11(24)15(18)28)35-19-16(29)12(25)9(22)13(26)17(19)30;7-2-1-3(8)5(10)6(11)4(2)9/h2-4,31-32H,1H3;/q;-1/p+1. The topological polar surface area (TPSA) is 64.5 Å². The Hall–Kier alpha value is -4.95. The van der Waals surface area contributed by atoms with Crippen molar-refractivity contribution in [3.05, 3.63) is 112 Å². The summed E-state index contributed by atoms with van der Waals surface area (Å²) in [5.41, 5.74) is -0.0305. The highest BCUT2D eigenvalue weighted by atomic mass is 19.2. The normalized spacial score (nSPS) is 10.8. The van der Waals surface area contributed by atoms with Crippen LogP contribution < -0.4 is 19.3 Å². The van der Waals surface area contributed by atoms with Gasteiger partial charge in [-0.3, -0.25) is 8.78 Å². The Balaban J connectivity index is 0.000000441. The number of rotatable bonds is 7. The number of phenolic OH excluding ortho intramolecular Hbond substituents is 1. The molecule has 0 saturated carbocycles. The Bertz CT molecular complexity index is 1660. The molecule has 0 spiro atoms. The fraction of sp³-hybridized carbons (Fsp3) is 0.0400. The third-order valence-electron chi connectivity index (χ3n) is 5.29. The summed E-state index contributed by atoms with van der Waals surface area (Å²) in [6, 6.07) is 3.97. The van der Waals surface area contributed by atoms with E-state index in [0.29, 0.717) is 0 Å². The van der Waals surface area contributed by atoms with Crippen LogP contribution in [0.2, 0.25) is 0 Å². The largest absolute Gasteiger partial charge is 0.864 e. The maximum atomic E-state index is 14.1. The minimum atomic E-state index is -2.90. The van der Waals surface area contributed by atoms with E-state index < -0.39 is 112 Å². The van der Waals surface area contributed by atoms with Gasteiger partial charge in [0.1, 0.15) is 5.75 Å². The first-order valence-corrected chi connectivity index (χ1v) is 11.5. The van der Waals surface area contributed by atoms with Gasteiger partial charge < -0.3 is 24.4 Å². The average molecular weight is 683 g/mol. The van der Waals surface area contributed by atoms with E-state index in [4.69, 9.17) is 4.65 Å². The zero-order valence-electron chi connectivity index (χ0n) is 21.7. The molecule has 0 amide bonds. The molecule has 0 atom stereocenters. The molecule has 3 N–H and O–H groups in total. The van der Waals surface area contributed by atoms with Crippen LogP contribution in [-0.2, 0) is 0 Å². The van der Waals surface area contributed by atoms with E-state index in [0.717, 1.165) is 24.3 Å². The Kier molecular flexibility index (Phi) is 10.8. The molecule has 0 radical (unpaired) electrons. The molecule has 21 heteroatoms. The summed E-state index contributed by atoms with van der Waals surface area (Å²) in [6.07, 6.45) is 0. The summed E-state index contributed by atoms with van der Waals surface area (Å²) >= 11 is 0. The number of hydrogen-bond donors (Lipinski definition) is 2. The number of benzene rings is 4. The lowest BCUT2D eigenvalue weighted by Crippen LogP contribution is -2.72. The van der Waals surface area contributed by atoms with Gasteiger partial charge in [-0.1, -0.05) is 0 Å². The lowest BCUT2D eigenvalue weighted by atomic mass is 10.1. The minimum absolute atomic E-state index is 0.0305. The third-order valence-corrected chi connectivity index (χ3v) is 5.29. The number of halogens is 15. The van der Waals surface area contributed by atoms with Crippen LogP contribution in [0.25, 0.3) is 0 Å². The van der Waals surface area contributed by atoms with E-state index in [1.807, 2.05) is 0 Å². The van der Waals surface area contributed by atoms with Gasteiger partial charge in [0.15, 0.2) is 22.9 Å². The smallest absolute Gasteiger partial charge is 0.508 e. The van der Waals surface area contributed by atoms with Crippen molar-refractivity contribution >= 4 is 13.0 Å². The molecular weight excluding hydrogens is 674 g/mol. The fourth-order valence-corrected chi connectivity index (χ4v) is 3.11. The van der Waals surface area contributed by atoms with Crippen molar-refractivity contribution in [3.8, 4) is 23.0 Å². The van der Waals surface area contributed by atoms with Crippen LogP contribution in [-0.4, -0.2) is 19.5 Å². The second kappa shape index (κ2) is 14.0. The molecule has 4 aromatic carbocycles. The lowest BCUT2D eigenvalue weighted by Gasteiger charge is -2.19. The molecule has 246 valence electrons. The number of quaternary nitrogens is 1. The first-order chi connectivity index (χ1) is 21.4. The Morgan fingerprint density at radius 2 is 0.870 bits per heavy atom. The summed E-state index contributed by atoms with van der Waals surface area (Å²) in [7, 11) is -1.52. The van der Waals surface area contributed by atoms with Crippen LogP contribution in [0.5, 0.6) is 23.0 Å². The van der Waals surface area contributed by atoms with Crippen LogP contribution >= 0.6 is 0 Å². The maximum absolute atomic E-state index is 14.1. The van der Waals surface area contributed by atoms with Crippen molar-refractivity contribution in [1.82, 2.24) is 0 Å². The molecule has 0 aromatic heterocycles. The summed E-state index contributed by atoms with van der Waals surface area (Å²) in [5.74, 6) is -40.3. The molecule has 0 aliphatic heterocycles. The molecule has 0 aliphatic carbocycles. The van der Waals surface area contributed by atoms with Crippen molar-refractivity contribution in [2.45, 2.75) is 0 Å². The molecular formula is C25H9BF15NO4. The van der Waals surface area contributed by atoms with E-state index in [1.165, 1.54) is 12.4 Å². The van der Waals surface area contributed by atoms with Crippen molar-refractivity contribution in [3.63, 3.8) is 0 Å². The van der Waals surface area contributed by atoms with Crippen molar-refractivity contribution in [1.29, 1.82) is 0 Å². The highest BCUT2D eigenvalue weighted by Crippen LogP contribution is 2.34. The summed E-state index contributed by atoms with van der Waals surface area (Å²) in [5, 5.41) is 10.8. The molecule has 0 aliphatic rings. The Labute approximate surface area is 245 Å². The number of hydrogen-bond acceptors (Lipinski definition) is 4. The first kappa shape index (κ1) is 35.5.